The first-order valence-electron chi connectivity index (χ1n) is 7.51. The molecule has 6 nitrogen and oxygen atoms in total. The molecule has 24 heavy (non-hydrogen) atoms. The molecule has 2 N–H and O–H groups in total. The van der Waals surface area contributed by atoms with E-state index in [2.05, 4.69) is 21.3 Å². The molecule has 3 rings (SSSR count). The number of rotatable bonds is 2. The molecule has 1 aromatic carbocycles. The largest absolute Gasteiger partial charge is 0.328 e. The number of hydrogen-bond acceptors (Lipinski definition) is 3. The number of urea groups is 1. The summed E-state index contributed by atoms with van der Waals surface area (Å²) in [6, 6.07) is 9.18. The Labute approximate surface area is 139 Å². The number of benzene rings is 1. The number of amides is 4. The van der Waals surface area contributed by atoms with Gasteiger partial charge in [-0.25, -0.2) is 4.79 Å². The van der Waals surface area contributed by atoms with Gasteiger partial charge in [-0.2, -0.15) is 0 Å². The van der Waals surface area contributed by atoms with Gasteiger partial charge in [-0.05, 0) is 56.2 Å². The van der Waals surface area contributed by atoms with Gasteiger partial charge in [-0.1, -0.05) is 12.1 Å². The van der Waals surface area contributed by atoms with Gasteiger partial charge >= 0.3 is 6.03 Å². The predicted molar refractivity (Wildman–Crippen MR) is 89.6 cm³/mol. The highest BCUT2D eigenvalue weighted by atomic mass is 16.2. The van der Waals surface area contributed by atoms with Crippen molar-refractivity contribution >= 4 is 23.9 Å². The van der Waals surface area contributed by atoms with Crippen molar-refractivity contribution in [1.29, 1.82) is 0 Å². The SMILES string of the molecule is Cc1cccc(-n2c(C)cc(C=C3C(=O)NC(=O)NC3=O)c2C)c1. The second-order valence-electron chi connectivity index (χ2n) is 5.80. The molecule has 1 saturated heterocycles. The third kappa shape index (κ3) is 2.74. The highest BCUT2D eigenvalue weighted by Gasteiger charge is 2.28. The highest BCUT2D eigenvalue weighted by molar-refractivity contribution is 6.31. The number of carbonyl (C=O) groups excluding carboxylic acids is 3. The maximum absolute atomic E-state index is 11.9. The number of carbonyl (C=O) groups is 3. The van der Waals surface area contributed by atoms with E-state index < -0.39 is 17.8 Å². The van der Waals surface area contributed by atoms with Crippen molar-refractivity contribution in [2.75, 3.05) is 0 Å². The van der Waals surface area contributed by atoms with Crippen LogP contribution in [0.25, 0.3) is 11.8 Å². The van der Waals surface area contributed by atoms with Crippen LogP contribution in [-0.4, -0.2) is 22.4 Å². The third-order valence-electron chi connectivity index (χ3n) is 3.97. The Bertz CT molecular complexity index is 884. The maximum atomic E-state index is 11.9. The Balaban J connectivity index is 2.07. The van der Waals surface area contributed by atoms with Gasteiger partial charge in [0.1, 0.15) is 5.57 Å². The second-order valence-corrected chi connectivity index (χ2v) is 5.80. The van der Waals surface area contributed by atoms with Crippen molar-refractivity contribution in [3.8, 4) is 5.69 Å². The van der Waals surface area contributed by atoms with Gasteiger partial charge in [-0.3, -0.25) is 20.2 Å². The van der Waals surface area contributed by atoms with Crippen LogP contribution in [0.1, 0.15) is 22.5 Å². The van der Waals surface area contributed by atoms with E-state index in [1.807, 2.05) is 45.0 Å². The molecule has 1 aromatic heterocycles. The van der Waals surface area contributed by atoms with E-state index in [0.29, 0.717) is 0 Å². The van der Waals surface area contributed by atoms with Crippen molar-refractivity contribution < 1.29 is 14.4 Å². The average molecular weight is 323 g/mol. The zero-order valence-electron chi connectivity index (χ0n) is 13.6. The highest BCUT2D eigenvalue weighted by Crippen LogP contribution is 2.23. The van der Waals surface area contributed by atoms with Crippen LogP contribution in [0.3, 0.4) is 0 Å². The molecule has 2 aromatic rings. The summed E-state index contributed by atoms with van der Waals surface area (Å²) >= 11 is 0. The molecule has 122 valence electrons. The van der Waals surface area contributed by atoms with Gasteiger partial charge in [0.05, 0.1) is 0 Å². The standard InChI is InChI=1S/C18H17N3O3/c1-10-5-4-6-14(7-10)21-11(2)8-13(12(21)3)9-15-16(22)19-18(24)20-17(15)23/h4-9H,1-3H3,(H2,19,20,22,23,24). The van der Waals surface area contributed by atoms with Gasteiger partial charge in [0.25, 0.3) is 11.8 Å². The molecule has 0 aliphatic carbocycles. The molecule has 2 heterocycles. The number of aromatic nitrogens is 1. The van der Waals surface area contributed by atoms with Crippen LogP contribution < -0.4 is 10.6 Å². The summed E-state index contributed by atoms with van der Waals surface area (Å²) in [7, 11) is 0. The average Bonchev–Trinajstić information content (AvgIpc) is 2.77. The van der Waals surface area contributed by atoms with Gasteiger partial charge in [0.15, 0.2) is 0 Å². The summed E-state index contributed by atoms with van der Waals surface area (Å²) in [5, 5.41) is 4.15. The first-order valence-corrected chi connectivity index (χ1v) is 7.51. The van der Waals surface area contributed by atoms with E-state index in [9.17, 15) is 14.4 Å². The van der Waals surface area contributed by atoms with Crippen LogP contribution in [-0.2, 0) is 9.59 Å². The van der Waals surface area contributed by atoms with Crippen LogP contribution in [0, 0.1) is 20.8 Å². The summed E-state index contributed by atoms with van der Waals surface area (Å²) in [5.41, 5.74) is 4.72. The molecular weight excluding hydrogens is 306 g/mol. The second kappa shape index (κ2) is 5.81. The minimum atomic E-state index is -0.799. The van der Waals surface area contributed by atoms with Crippen LogP contribution in [0.4, 0.5) is 4.79 Å². The van der Waals surface area contributed by atoms with E-state index in [0.717, 1.165) is 28.2 Å². The molecule has 4 amide bonds. The van der Waals surface area contributed by atoms with Crippen molar-refractivity contribution in [1.82, 2.24) is 15.2 Å². The van der Waals surface area contributed by atoms with Gasteiger partial charge < -0.3 is 4.57 Å². The number of barbiturate groups is 1. The molecule has 0 unspecified atom stereocenters. The molecule has 0 atom stereocenters. The van der Waals surface area contributed by atoms with Gasteiger partial charge in [-0.15, -0.1) is 0 Å². The monoisotopic (exact) mass is 323 g/mol. The molecular formula is C18H17N3O3. The van der Waals surface area contributed by atoms with E-state index in [-0.39, 0.29) is 5.57 Å². The summed E-state index contributed by atoms with van der Waals surface area (Å²) in [4.78, 5) is 34.9. The Morgan fingerprint density at radius 2 is 1.62 bits per heavy atom. The van der Waals surface area contributed by atoms with Gasteiger partial charge in [0.2, 0.25) is 0 Å². The lowest BCUT2D eigenvalue weighted by atomic mass is 10.1. The lowest BCUT2D eigenvalue weighted by molar-refractivity contribution is -0.123. The fraction of sp³-hybridized carbons (Fsp3) is 0.167. The van der Waals surface area contributed by atoms with Crippen LogP contribution in [0.5, 0.6) is 0 Å². The first kappa shape index (κ1) is 15.7. The molecule has 0 saturated carbocycles. The summed E-state index contributed by atoms with van der Waals surface area (Å²) in [6.07, 6.45) is 1.51. The number of nitrogens with zero attached hydrogens (tertiary/aromatic N) is 1. The quantitative estimate of drug-likeness (QED) is 0.656. The predicted octanol–water partition coefficient (Wildman–Crippen LogP) is 2.15. The topological polar surface area (TPSA) is 80.2 Å². The zero-order chi connectivity index (χ0) is 17.4. The van der Waals surface area contributed by atoms with Crippen LogP contribution in [0.15, 0.2) is 35.9 Å². The van der Waals surface area contributed by atoms with E-state index in [1.165, 1.54) is 6.08 Å². The van der Waals surface area contributed by atoms with Crippen molar-refractivity contribution in [2.24, 2.45) is 0 Å². The third-order valence-corrected chi connectivity index (χ3v) is 3.97. The van der Waals surface area contributed by atoms with Crippen molar-refractivity contribution in [3.05, 3.63) is 58.4 Å². The molecule has 0 spiro atoms. The molecule has 1 fully saturated rings. The van der Waals surface area contributed by atoms with E-state index >= 15 is 0 Å². The minimum absolute atomic E-state index is 0.0842. The summed E-state index contributed by atoms with van der Waals surface area (Å²) in [6.45, 7) is 5.90. The normalized spacial score (nSPS) is 14.5. The maximum Gasteiger partial charge on any atom is 0.328 e. The Morgan fingerprint density at radius 1 is 0.958 bits per heavy atom. The van der Waals surface area contributed by atoms with E-state index in [4.69, 9.17) is 0 Å². The number of aryl methyl sites for hydroxylation is 2. The fourth-order valence-electron chi connectivity index (χ4n) is 2.86. The molecule has 0 radical (unpaired) electrons. The number of imide groups is 2. The molecule has 1 aliphatic rings. The summed E-state index contributed by atoms with van der Waals surface area (Å²) in [5.74, 6) is -1.38. The number of hydrogen-bond donors (Lipinski definition) is 2. The molecule has 6 heteroatoms. The Hall–Kier alpha value is -3.15. The minimum Gasteiger partial charge on any atom is -0.318 e. The first-order chi connectivity index (χ1) is 11.4. The van der Waals surface area contributed by atoms with Crippen molar-refractivity contribution in [3.63, 3.8) is 0 Å². The lowest BCUT2D eigenvalue weighted by Crippen LogP contribution is -2.51. The summed E-state index contributed by atoms with van der Waals surface area (Å²) < 4.78 is 2.06. The van der Waals surface area contributed by atoms with E-state index in [1.54, 1.807) is 0 Å². The Kier molecular flexibility index (Phi) is 3.81. The lowest BCUT2D eigenvalue weighted by Gasteiger charge is -2.14. The van der Waals surface area contributed by atoms with Crippen molar-refractivity contribution in [2.45, 2.75) is 20.8 Å². The van der Waals surface area contributed by atoms with Crippen LogP contribution in [0.2, 0.25) is 0 Å². The molecule has 1 aliphatic heterocycles. The number of nitrogens with one attached hydrogen (secondary N) is 2. The Morgan fingerprint density at radius 3 is 2.25 bits per heavy atom. The van der Waals surface area contributed by atoms with Gasteiger partial charge in [0, 0.05) is 17.1 Å². The zero-order valence-corrected chi connectivity index (χ0v) is 13.6. The fourth-order valence-corrected chi connectivity index (χ4v) is 2.86. The molecule has 0 bridgehead atoms. The smallest absolute Gasteiger partial charge is 0.318 e. The van der Waals surface area contributed by atoms with Crippen LogP contribution >= 0.6 is 0 Å².